The maximum absolute atomic E-state index is 12.6. The first-order valence-corrected chi connectivity index (χ1v) is 8.14. The maximum Gasteiger partial charge on any atom is 0.254 e. The minimum absolute atomic E-state index is 0.107. The zero-order valence-electron chi connectivity index (χ0n) is 11.3. The molecule has 3 rings (SSSR count). The highest BCUT2D eigenvalue weighted by Crippen LogP contribution is 2.33. The van der Waals surface area contributed by atoms with E-state index in [1.165, 1.54) is 10.4 Å². The molecular formula is C16H16ClNOS. The van der Waals surface area contributed by atoms with Crippen molar-refractivity contribution in [3.05, 3.63) is 57.3 Å². The normalized spacial score (nSPS) is 17.9. The molecule has 1 aromatic carbocycles. The zero-order valence-corrected chi connectivity index (χ0v) is 12.9. The monoisotopic (exact) mass is 305 g/mol. The molecule has 1 aliphatic heterocycles. The Balaban J connectivity index is 1.84. The van der Waals surface area contributed by atoms with Gasteiger partial charge in [-0.25, -0.2) is 0 Å². The second-order valence-corrected chi connectivity index (χ2v) is 6.32. The summed E-state index contributed by atoms with van der Waals surface area (Å²) in [6.07, 6.45) is 0.961. The molecule has 1 aliphatic rings. The van der Waals surface area contributed by atoms with E-state index in [0.717, 1.165) is 24.1 Å². The Hall–Kier alpha value is -1.32. The Bertz CT molecular complexity index is 620. The van der Waals surface area contributed by atoms with Crippen LogP contribution in [0.25, 0.3) is 0 Å². The number of hydrogen-bond donors (Lipinski definition) is 0. The van der Waals surface area contributed by atoms with Crippen molar-refractivity contribution in [2.45, 2.75) is 25.3 Å². The van der Waals surface area contributed by atoms with E-state index in [0.29, 0.717) is 5.88 Å². The lowest BCUT2D eigenvalue weighted by molar-refractivity contribution is 0.0679. The molecule has 2 aromatic rings. The van der Waals surface area contributed by atoms with E-state index in [1.54, 1.807) is 11.3 Å². The van der Waals surface area contributed by atoms with Gasteiger partial charge in [-0.1, -0.05) is 12.1 Å². The first-order valence-electron chi connectivity index (χ1n) is 6.73. The van der Waals surface area contributed by atoms with Crippen molar-refractivity contribution in [3.8, 4) is 0 Å². The molecular weight excluding hydrogens is 290 g/mol. The summed E-state index contributed by atoms with van der Waals surface area (Å²) in [4.78, 5) is 16.0. The summed E-state index contributed by atoms with van der Waals surface area (Å²) in [5.41, 5.74) is 3.08. The van der Waals surface area contributed by atoms with Gasteiger partial charge in [0.2, 0.25) is 0 Å². The Morgan fingerprint density at radius 1 is 1.35 bits per heavy atom. The molecule has 0 bridgehead atoms. The van der Waals surface area contributed by atoms with Crippen LogP contribution in [0, 0.1) is 0 Å². The SMILES string of the molecule is CC1c2ccsc2CCN1C(=O)c1ccc(CCl)cc1. The molecule has 0 spiro atoms. The average molecular weight is 306 g/mol. The van der Waals surface area contributed by atoms with E-state index in [-0.39, 0.29) is 11.9 Å². The van der Waals surface area contributed by atoms with E-state index in [1.807, 2.05) is 29.2 Å². The Labute approximate surface area is 128 Å². The molecule has 0 fully saturated rings. The molecule has 2 heterocycles. The van der Waals surface area contributed by atoms with Crippen LogP contribution in [-0.2, 0) is 12.3 Å². The largest absolute Gasteiger partial charge is 0.331 e. The van der Waals surface area contributed by atoms with Crippen molar-refractivity contribution >= 4 is 28.8 Å². The van der Waals surface area contributed by atoms with Crippen LogP contribution < -0.4 is 0 Å². The summed E-state index contributed by atoms with van der Waals surface area (Å²) in [5.74, 6) is 0.586. The van der Waals surface area contributed by atoms with Crippen LogP contribution in [0.2, 0.25) is 0 Å². The number of hydrogen-bond acceptors (Lipinski definition) is 2. The molecule has 1 aromatic heterocycles. The molecule has 2 nitrogen and oxygen atoms in total. The van der Waals surface area contributed by atoms with Crippen molar-refractivity contribution in [3.63, 3.8) is 0 Å². The van der Waals surface area contributed by atoms with Crippen molar-refractivity contribution in [2.75, 3.05) is 6.54 Å². The van der Waals surface area contributed by atoms with Gasteiger partial charge in [0.25, 0.3) is 5.91 Å². The number of fused-ring (bicyclic) bond motifs is 1. The van der Waals surface area contributed by atoms with E-state index in [9.17, 15) is 4.79 Å². The summed E-state index contributed by atoms with van der Waals surface area (Å²) in [7, 11) is 0. The lowest BCUT2D eigenvalue weighted by atomic mass is 10.00. The second-order valence-electron chi connectivity index (χ2n) is 5.05. The highest BCUT2D eigenvalue weighted by atomic mass is 35.5. The van der Waals surface area contributed by atoms with Crippen molar-refractivity contribution in [1.29, 1.82) is 0 Å². The molecule has 0 radical (unpaired) electrons. The molecule has 0 N–H and O–H groups in total. The number of alkyl halides is 1. The molecule has 1 amide bonds. The van der Waals surface area contributed by atoms with Gasteiger partial charge in [0, 0.05) is 22.9 Å². The number of benzene rings is 1. The van der Waals surface area contributed by atoms with Crippen molar-refractivity contribution in [1.82, 2.24) is 4.90 Å². The molecule has 104 valence electrons. The summed E-state index contributed by atoms with van der Waals surface area (Å²) < 4.78 is 0. The average Bonchev–Trinajstić information content (AvgIpc) is 2.96. The van der Waals surface area contributed by atoms with Crippen molar-refractivity contribution < 1.29 is 4.79 Å². The van der Waals surface area contributed by atoms with Gasteiger partial charge >= 0.3 is 0 Å². The fraction of sp³-hybridized carbons (Fsp3) is 0.312. The topological polar surface area (TPSA) is 20.3 Å². The quantitative estimate of drug-likeness (QED) is 0.760. The Kier molecular flexibility index (Phi) is 3.81. The first kappa shape index (κ1) is 13.7. The minimum Gasteiger partial charge on any atom is -0.331 e. The number of amides is 1. The van der Waals surface area contributed by atoms with E-state index >= 15 is 0 Å². The summed E-state index contributed by atoms with van der Waals surface area (Å²) >= 11 is 7.57. The predicted molar refractivity (Wildman–Crippen MR) is 83.5 cm³/mol. The van der Waals surface area contributed by atoms with Gasteiger partial charge in [-0.05, 0) is 48.1 Å². The van der Waals surface area contributed by atoms with Gasteiger partial charge in [-0.3, -0.25) is 4.79 Å². The lowest BCUT2D eigenvalue weighted by Gasteiger charge is -2.33. The lowest BCUT2D eigenvalue weighted by Crippen LogP contribution is -2.38. The van der Waals surface area contributed by atoms with Gasteiger partial charge in [0.05, 0.1) is 6.04 Å². The maximum atomic E-state index is 12.6. The molecule has 20 heavy (non-hydrogen) atoms. The molecule has 1 unspecified atom stereocenters. The van der Waals surface area contributed by atoms with Crippen LogP contribution in [0.5, 0.6) is 0 Å². The standard InChI is InChI=1S/C16H16ClNOS/c1-11-14-7-9-20-15(14)6-8-18(11)16(19)13-4-2-12(10-17)3-5-13/h2-5,7,9,11H,6,8,10H2,1H3. The highest BCUT2D eigenvalue weighted by Gasteiger charge is 2.28. The van der Waals surface area contributed by atoms with Crippen LogP contribution in [0.15, 0.2) is 35.7 Å². The fourth-order valence-electron chi connectivity index (χ4n) is 2.69. The van der Waals surface area contributed by atoms with Gasteiger partial charge in [0.15, 0.2) is 0 Å². The first-order chi connectivity index (χ1) is 9.70. The molecule has 4 heteroatoms. The Morgan fingerprint density at radius 2 is 2.10 bits per heavy atom. The smallest absolute Gasteiger partial charge is 0.254 e. The molecule has 0 aliphatic carbocycles. The van der Waals surface area contributed by atoms with Crippen LogP contribution in [0.3, 0.4) is 0 Å². The fourth-order valence-corrected chi connectivity index (χ4v) is 3.83. The predicted octanol–water partition coefficient (Wildman–Crippen LogP) is 4.25. The number of rotatable bonds is 2. The van der Waals surface area contributed by atoms with Crippen LogP contribution in [0.1, 0.15) is 39.3 Å². The van der Waals surface area contributed by atoms with Crippen LogP contribution in [-0.4, -0.2) is 17.4 Å². The second kappa shape index (κ2) is 5.58. The number of thiophene rings is 1. The van der Waals surface area contributed by atoms with E-state index in [2.05, 4.69) is 18.4 Å². The third-order valence-corrected chi connectivity index (χ3v) is 5.20. The minimum atomic E-state index is 0.107. The third kappa shape index (κ3) is 2.36. The molecule has 0 saturated heterocycles. The summed E-state index contributed by atoms with van der Waals surface area (Å²) in [5, 5.41) is 2.12. The van der Waals surface area contributed by atoms with E-state index < -0.39 is 0 Å². The van der Waals surface area contributed by atoms with Crippen molar-refractivity contribution in [2.24, 2.45) is 0 Å². The van der Waals surface area contributed by atoms with Gasteiger partial charge in [0.1, 0.15) is 0 Å². The molecule has 0 saturated carbocycles. The highest BCUT2D eigenvalue weighted by molar-refractivity contribution is 7.10. The summed E-state index contributed by atoms with van der Waals surface area (Å²) in [6.45, 7) is 2.90. The number of nitrogens with zero attached hydrogens (tertiary/aromatic N) is 1. The van der Waals surface area contributed by atoms with E-state index in [4.69, 9.17) is 11.6 Å². The number of carbonyl (C=O) groups is 1. The van der Waals surface area contributed by atoms with Gasteiger partial charge < -0.3 is 4.90 Å². The zero-order chi connectivity index (χ0) is 14.1. The molecule has 1 atom stereocenters. The number of carbonyl (C=O) groups excluding carboxylic acids is 1. The van der Waals surface area contributed by atoms with Crippen LogP contribution in [0.4, 0.5) is 0 Å². The Morgan fingerprint density at radius 3 is 2.80 bits per heavy atom. The van der Waals surface area contributed by atoms with Gasteiger partial charge in [-0.2, -0.15) is 0 Å². The summed E-state index contributed by atoms with van der Waals surface area (Å²) in [6, 6.07) is 9.88. The van der Waals surface area contributed by atoms with Crippen LogP contribution >= 0.6 is 22.9 Å². The third-order valence-electron chi connectivity index (χ3n) is 3.89. The number of halogens is 1. The van der Waals surface area contributed by atoms with Gasteiger partial charge in [-0.15, -0.1) is 22.9 Å².